The number of aliphatic carboxylic acids is 1. The summed E-state index contributed by atoms with van der Waals surface area (Å²) in [4.78, 5) is 12.6. The Morgan fingerprint density at radius 2 is 2.14 bits per heavy atom. The van der Waals surface area contributed by atoms with Crippen molar-refractivity contribution in [2.45, 2.75) is 44.2 Å². The minimum atomic E-state index is -0.808. The van der Waals surface area contributed by atoms with Crippen LogP contribution >= 0.6 is 0 Å². The summed E-state index contributed by atoms with van der Waals surface area (Å²) in [6.07, 6.45) is 5.12. The van der Waals surface area contributed by atoms with E-state index >= 15 is 0 Å². The number of likely N-dealkylation sites (N-methyl/N-ethyl adjacent to an activating group) is 1. The molecule has 0 aromatic heterocycles. The maximum atomic E-state index is 10.4. The highest BCUT2D eigenvalue weighted by Gasteiger charge is 2.21. The van der Waals surface area contributed by atoms with Crippen LogP contribution in [-0.4, -0.2) is 41.7 Å². The molecule has 1 unspecified atom stereocenters. The molecule has 0 aliphatic heterocycles. The lowest BCUT2D eigenvalue weighted by Gasteiger charge is -2.26. The van der Waals surface area contributed by atoms with Gasteiger partial charge in [-0.05, 0) is 19.9 Å². The van der Waals surface area contributed by atoms with Gasteiger partial charge in [0, 0.05) is 18.6 Å². The first-order valence-corrected chi connectivity index (χ1v) is 5.27. The van der Waals surface area contributed by atoms with Gasteiger partial charge in [-0.1, -0.05) is 12.8 Å². The van der Waals surface area contributed by atoms with Crippen LogP contribution in [0.3, 0.4) is 0 Å². The molecule has 0 bridgehead atoms. The second kappa shape index (κ2) is 5.32. The second-order valence-electron chi connectivity index (χ2n) is 4.24. The zero-order valence-corrected chi connectivity index (χ0v) is 8.78. The van der Waals surface area contributed by atoms with Crippen molar-refractivity contribution in [2.24, 2.45) is 5.73 Å². The molecule has 1 aliphatic rings. The highest BCUT2D eigenvalue weighted by Crippen LogP contribution is 2.22. The average Bonchev–Trinajstić information content (AvgIpc) is 2.53. The van der Waals surface area contributed by atoms with Crippen LogP contribution in [0.5, 0.6) is 0 Å². The molecule has 0 saturated heterocycles. The van der Waals surface area contributed by atoms with Crippen LogP contribution in [0.2, 0.25) is 0 Å². The van der Waals surface area contributed by atoms with E-state index in [-0.39, 0.29) is 12.5 Å². The van der Waals surface area contributed by atoms with Crippen molar-refractivity contribution in [1.29, 1.82) is 0 Å². The average molecular weight is 200 g/mol. The summed E-state index contributed by atoms with van der Waals surface area (Å²) in [6.45, 7) is 0.691. The zero-order chi connectivity index (χ0) is 10.6. The Hall–Kier alpha value is -0.610. The Bertz CT molecular complexity index is 191. The summed E-state index contributed by atoms with van der Waals surface area (Å²) in [7, 11) is 2.04. The number of hydrogen-bond donors (Lipinski definition) is 2. The minimum Gasteiger partial charge on any atom is -0.481 e. The molecule has 1 saturated carbocycles. The van der Waals surface area contributed by atoms with E-state index in [0.717, 1.165) is 0 Å². The van der Waals surface area contributed by atoms with Crippen LogP contribution in [0.1, 0.15) is 32.1 Å². The number of carbonyl (C=O) groups is 1. The van der Waals surface area contributed by atoms with E-state index in [1.165, 1.54) is 25.7 Å². The van der Waals surface area contributed by atoms with Crippen molar-refractivity contribution >= 4 is 5.97 Å². The maximum Gasteiger partial charge on any atom is 0.304 e. The number of hydrogen-bond acceptors (Lipinski definition) is 3. The van der Waals surface area contributed by atoms with Crippen LogP contribution in [0.25, 0.3) is 0 Å². The summed E-state index contributed by atoms with van der Waals surface area (Å²) in [6, 6.07) is 0.382. The Morgan fingerprint density at radius 1 is 1.57 bits per heavy atom. The molecule has 0 radical (unpaired) electrons. The lowest BCUT2D eigenvalue weighted by Crippen LogP contribution is -2.41. The zero-order valence-electron chi connectivity index (χ0n) is 8.78. The van der Waals surface area contributed by atoms with Crippen molar-refractivity contribution in [3.8, 4) is 0 Å². The number of carboxylic acid groups (broad SMARTS) is 1. The lowest BCUT2D eigenvalue weighted by atomic mass is 10.1. The van der Waals surface area contributed by atoms with Gasteiger partial charge in [-0.2, -0.15) is 0 Å². The Kier molecular flexibility index (Phi) is 4.35. The highest BCUT2D eigenvalue weighted by atomic mass is 16.4. The van der Waals surface area contributed by atoms with Crippen molar-refractivity contribution in [1.82, 2.24) is 4.90 Å². The summed E-state index contributed by atoms with van der Waals surface area (Å²) in [5, 5.41) is 8.56. The monoisotopic (exact) mass is 200 g/mol. The van der Waals surface area contributed by atoms with Crippen LogP contribution in [0, 0.1) is 0 Å². The van der Waals surface area contributed by atoms with E-state index < -0.39 is 5.97 Å². The number of nitrogens with two attached hydrogens (primary N) is 1. The Morgan fingerprint density at radius 3 is 2.64 bits per heavy atom. The van der Waals surface area contributed by atoms with Gasteiger partial charge in [0.25, 0.3) is 0 Å². The molecule has 4 heteroatoms. The van der Waals surface area contributed by atoms with Crippen molar-refractivity contribution in [3.63, 3.8) is 0 Å². The summed E-state index contributed by atoms with van der Waals surface area (Å²) in [5.41, 5.74) is 5.72. The van der Waals surface area contributed by atoms with Gasteiger partial charge in [-0.25, -0.2) is 0 Å². The number of carboxylic acids is 1. The van der Waals surface area contributed by atoms with E-state index in [9.17, 15) is 4.79 Å². The molecule has 0 aromatic rings. The quantitative estimate of drug-likeness (QED) is 0.684. The maximum absolute atomic E-state index is 10.4. The molecule has 0 spiro atoms. The van der Waals surface area contributed by atoms with Crippen molar-refractivity contribution in [3.05, 3.63) is 0 Å². The van der Waals surface area contributed by atoms with Gasteiger partial charge >= 0.3 is 5.97 Å². The fourth-order valence-electron chi connectivity index (χ4n) is 2.15. The predicted molar refractivity (Wildman–Crippen MR) is 55.1 cm³/mol. The third-order valence-corrected chi connectivity index (χ3v) is 2.91. The molecule has 82 valence electrons. The molecule has 4 nitrogen and oxygen atoms in total. The predicted octanol–water partition coefficient (Wildman–Crippen LogP) is 0.663. The topological polar surface area (TPSA) is 66.6 Å². The molecule has 3 N–H and O–H groups in total. The first-order valence-electron chi connectivity index (χ1n) is 5.27. The Balaban J connectivity index is 2.24. The van der Waals surface area contributed by atoms with Gasteiger partial charge in [0.15, 0.2) is 0 Å². The third kappa shape index (κ3) is 3.64. The van der Waals surface area contributed by atoms with E-state index in [0.29, 0.717) is 12.6 Å². The van der Waals surface area contributed by atoms with Gasteiger partial charge < -0.3 is 15.7 Å². The molecule has 14 heavy (non-hydrogen) atoms. The SMILES string of the molecule is CN(CC(N)CC(=O)O)C1CCCC1. The molecule has 1 atom stereocenters. The van der Waals surface area contributed by atoms with E-state index in [1.807, 2.05) is 7.05 Å². The van der Waals surface area contributed by atoms with Gasteiger partial charge in [0.05, 0.1) is 6.42 Å². The van der Waals surface area contributed by atoms with Crippen LogP contribution in [-0.2, 0) is 4.79 Å². The molecule has 1 fully saturated rings. The standard InChI is InChI=1S/C10H20N2O2/c1-12(9-4-2-3-5-9)7-8(11)6-10(13)14/h8-9H,2-7,11H2,1H3,(H,13,14). The van der Waals surface area contributed by atoms with Gasteiger partial charge in [0.1, 0.15) is 0 Å². The highest BCUT2D eigenvalue weighted by molar-refractivity contribution is 5.67. The first-order chi connectivity index (χ1) is 6.59. The molecule has 0 amide bonds. The van der Waals surface area contributed by atoms with E-state index in [4.69, 9.17) is 10.8 Å². The normalized spacial score (nSPS) is 20.2. The molecule has 0 aromatic carbocycles. The van der Waals surface area contributed by atoms with Crippen LogP contribution in [0.15, 0.2) is 0 Å². The lowest BCUT2D eigenvalue weighted by molar-refractivity contribution is -0.137. The third-order valence-electron chi connectivity index (χ3n) is 2.91. The Labute approximate surface area is 85.1 Å². The number of nitrogens with zero attached hydrogens (tertiary/aromatic N) is 1. The smallest absolute Gasteiger partial charge is 0.304 e. The van der Waals surface area contributed by atoms with E-state index in [2.05, 4.69) is 4.90 Å². The number of rotatable bonds is 5. The first kappa shape index (κ1) is 11.5. The van der Waals surface area contributed by atoms with Gasteiger partial charge in [-0.3, -0.25) is 4.79 Å². The second-order valence-corrected chi connectivity index (χ2v) is 4.24. The van der Waals surface area contributed by atoms with Crippen LogP contribution < -0.4 is 5.73 Å². The summed E-state index contributed by atoms with van der Waals surface area (Å²) >= 11 is 0. The molecule has 0 heterocycles. The fraction of sp³-hybridized carbons (Fsp3) is 0.900. The summed E-state index contributed by atoms with van der Waals surface area (Å²) in [5.74, 6) is -0.808. The molecular weight excluding hydrogens is 180 g/mol. The summed E-state index contributed by atoms with van der Waals surface area (Å²) < 4.78 is 0. The minimum absolute atomic E-state index is 0.0665. The molecular formula is C10H20N2O2. The molecule has 1 rings (SSSR count). The van der Waals surface area contributed by atoms with Gasteiger partial charge in [-0.15, -0.1) is 0 Å². The molecule has 1 aliphatic carbocycles. The largest absolute Gasteiger partial charge is 0.481 e. The van der Waals surface area contributed by atoms with Crippen molar-refractivity contribution < 1.29 is 9.90 Å². The van der Waals surface area contributed by atoms with Gasteiger partial charge in [0.2, 0.25) is 0 Å². The van der Waals surface area contributed by atoms with Crippen LogP contribution in [0.4, 0.5) is 0 Å². The fourth-order valence-corrected chi connectivity index (χ4v) is 2.15. The van der Waals surface area contributed by atoms with Crippen molar-refractivity contribution in [2.75, 3.05) is 13.6 Å². The van der Waals surface area contributed by atoms with E-state index in [1.54, 1.807) is 0 Å².